The maximum absolute atomic E-state index is 12.0. The Morgan fingerprint density at radius 2 is 2.26 bits per heavy atom. The molecule has 0 bridgehead atoms. The van der Waals surface area contributed by atoms with Gasteiger partial charge in [-0.05, 0) is 38.4 Å². The molecule has 0 unspecified atom stereocenters. The number of benzene rings is 1. The summed E-state index contributed by atoms with van der Waals surface area (Å²) in [6, 6.07) is 4.44. The van der Waals surface area contributed by atoms with Crippen molar-refractivity contribution in [3.63, 3.8) is 0 Å². The number of hydrogen-bond donors (Lipinski definition) is 2. The summed E-state index contributed by atoms with van der Waals surface area (Å²) >= 11 is 0. The van der Waals surface area contributed by atoms with Crippen LogP contribution < -0.4 is 10.6 Å². The van der Waals surface area contributed by atoms with Crippen LogP contribution >= 0.6 is 0 Å². The number of carbonyl (C=O) groups excluding carboxylic acids is 1. The first-order valence-corrected chi connectivity index (χ1v) is 6.37. The number of nitro benzene ring substituents is 1. The molecule has 1 aromatic rings. The number of carbonyl (C=O) groups is 1. The number of hydrogen-bond acceptors (Lipinski definition) is 4. The maximum Gasteiger partial charge on any atom is 0.272 e. The molecule has 1 aliphatic heterocycles. The van der Waals surface area contributed by atoms with Gasteiger partial charge in [0, 0.05) is 17.3 Å². The number of nitrogens with zero attached hydrogens (tertiary/aromatic N) is 1. The number of anilines is 1. The molecule has 1 saturated heterocycles. The minimum absolute atomic E-state index is 0.0637. The molecule has 6 heteroatoms. The lowest BCUT2D eigenvalue weighted by atomic mass is 10.0. The van der Waals surface area contributed by atoms with Crippen molar-refractivity contribution in [2.75, 3.05) is 11.9 Å². The first-order valence-electron chi connectivity index (χ1n) is 6.37. The summed E-state index contributed by atoms with van der Waals surface area (Å²) in [5, 5.41) is 16.7. The number of nitrogens with one attached hydrogen (secondary N) is 2. The summed E-state index contributed by atoms with van der Waals surface area (Å²) in [5.41, 5.74) is 1.20. The van der Waals surface area contributed by atoms with Crippen LogP contribution in [-0.4, -0.2) is 23.4 Å². The monoisotopic (exact) mass is 263 g/mol. The molecule has 1 amide bonds. The summed E-state index contributed by atoms with van der Waals surface area (Å²) in [7, 11) is 0. The fraction of sp³-hybridized carbons (Fsp3) is 0.462. The SMILES string of the molecule is Cc1cc(NC(=O)[C@@H]2CCCCN2)ccc1[N+](=O)[O-]. The standard InChI is InChI=1S/C13H17N3O3/c1-9-8-10(5-6-12(9)16(18)19)15-13(17)11-4-2-3-7-14-11/h5-6,8,11,14H,2-4,7H2,1H3,(H,15,17)/t11-/m0/s1. The minimum atomic E-state index is -0.427. The van der Waals surface area contributed by atoms with E-state index in [1.54, 1.807) is 19.1 Å². The molecular weight excluding hydrogens is 246 g/mol. The molecule has 102 valence electrons. The van der Waals surface area contributed by atoms with Crippen LogP contribution in [-0.2, 0) is 4.79 Å². The van der Waals surface area contributed by atoms with Gasteiger partial charge in [0.25, 0.3) is 5.69 Å². The molecule has 2 rings (SSSR count). The molecule has 19 heavy (non-hydrogen) atoms. The van der Waals surface area contributed by atoms with E-state index in [2.05, 4.69) is 10.6 Å². The normalized spacial score (nSPS) is 18.9. The predicted molar refractivity (Wildman–Crippen MR) is 72.1 cm³/mol. The Bertz CT molecular complexity index is 496. The van der Waals surface area contributed by atoms with Crippen molar-refractivity contribution in [1.82, 2.24) is 5.32 Å². The predicted octanol–water partition coefficient (Wildman–Crippen LogP) is 1.98. The topological polar surface area (TPSA) is 84.3 Å². The average molecular weight is 263 g/mol. The van der Waals surface area contributed by atoms with E-state index in [0.717, 1.165) is 25.8 Å². The molecule has 1 aliphatic rings. The van der Waals surface area contributed by atoms with Crippen molar-refractivity contribution in [1.29, 1.82) is 0 Å². The summed E-state index contributed by atoms with van der Waals surface area (Å²) in [4.78, 5) is 22.3. The lowest BCUT2D eigenvalue weighted by Gasteiger charge is -2.22. The summed E-state index contributed by atoms with van der Waals surface area (Å²) in [6.07, 6.45) is 2.97. The second-order valence-corrected chi connectivity index (χ2v) is 4.75. The molecule has 0 spiro atoms. The van der Waals surface area contributed by atoms with Crippen LogP contribution in [0.3, 0.4) is 0 Å². The first-order chi connectivity index (χ1) is 9.08. The van der Waals surface area contributed by atoms with Gasteiger partial charge in [-0.15, -0.1) is 0 Å². The molecule has 1 aromatic carbocycles. The lowest BCUT2D eigenvalue weighted by molar-refractivity contribution is -0.385. The first kappa shape index (κ1) is 13.5. The van der Waals surface area contributed by atoms with E-state index < -0.39 is 4.92 Å². The van der Waals surface area contributed by atoms with E-state index in [1.165, 1.54) is 6.07 Å². The number of amides is 1. The molecular formula is C13H17N3O3. The van der Waals surface area contributed by atoms with Gasteiger partial charge in [-0.3, -0.25) is 14.9 Å². The Balaban J connectivity index is 2.04. The summed E-state index contributed by atoms with van der Waals surface area (Å²) in [5.74, 6) is -0.0760. The second-order valence-electron chi connectivity index (χ2n) is 4.75. The highest BCUT2D eigenvalue weighted by atomic mass is 16.6. The molecule has 0 saturated carbocycles. The van der Waals surface area contributed by atoms with E-state index in [1.807, 2.05) is 0 Å². The number of aryl methyl sites for hydroxylation is 1. The zero-order chi connectivity index (χ0) is 13.8. The number of nitro groups is 1. The second kappa shape index (κ2) is 5.79. The lowest BCUT2D eigenvalue weighted by Crippen LogP contribution is -2.43. The largest absolute Gasteiger partial charge is 0.325 e. The van der Waals surface area contributed by atoms with Gasteiger partial charge in [0.1, 0.15) is 0 Å². The molecule has 6 nitrogen and oxygen atoms in total. The molecule has 0 aliphatic carbocycles. The van der Waals surface area contributed by atoms with Crippen LogP contribution in [0.1, 0.15) is 24.8 Å². The summed E-state index contributed by atoms with van der Waals surface area (Å²) in [6.45, 7) is 2.52. The van der Waals surface area contributed by atoms with Crippen LogP contribution in [0.4, 0.5) is 11.4 Å². The van der Waals surface area contributed by atoms with Gasteiger partial charge in [0.15, 0.2) is 0 Å². The Morgan fingerprint density at radius 3 is 2.84 bits per heavy atom. The number of piperidine rings is 1. The van der Waals surface area contributed by atoms with E-state index in [-0.39, 0.29) is 17.6 Å². The number of rotatable bonds is 3. The molecule has 1 fully saturated rings. The highest BCUT2D eigenvalue weighted by molar-refractivity contribution is 5.95. The van der Waals surface area contributed by atoms with Crippen molar-refractivity contribution < 1.29 is 9.72 Å². The van der Waals surface area contributed by atoms with Gasteiger partial charge in [-0.1, -0.05) is 6.42 Å². The van der Waals surface area contributed by atoms with Crippen molar-refractivity contribution in [2.24, 2.45) is 0 Å². The van der Waals surface area contributed by atoms with Crippen LogP contribution in [0.5, 0.6) is 0 Å². The van der Waals surface area contributed by atoms with Gasteiger partial charge in [-0.2, -0.15) is 0 Å². The van der Waals surface area contributed by atoms with Gasteiger partial charge in [-0.25, -0.2) is 0 Å². The van der Waals surface area contributed by atoms with Crippen LogP contribution in [0.15, 0.2) is 18.2 Å². The van der Waals surface area contributed by atoms with Gasteiger partial charge in [0.2, 0.25) is 5.91 Å². The van der Waals surface area contributed by atoms with Gasteiger partial charge >= 0.3 is 0 Å². The Morgan fingerprint density at radius 1 is 1.47 bits per heavy atom. The van der Waals surface area contributed by atoms with Crippen molar-refractivity contribution in [3.8, 4) is 0 Å². The van der Waals surface area contributed by atoms with Crippen molar-refractivity contribution in [2.45, 2.75) is 32.2 Å². The van der Waals surface area contributed by atoms with E-state index in [0.29, 0.717) is 11.3 Å². The molecule has 1 atom stereocenters. The van der Waals surface area contributed by atoms with Crippen molar-refractivity contribution in [3.05, 3.63) is 33.9 Å². The van der Waals surface area contributed by atoms with E-state index in [9.17, 15) is 14.9 Å². The Labute approximate surface area is 111 Å². The molecule has 0 aromatic heterocycles. The van der Waals surface area contributed by atoms with E-state index >= 15 is 0 Å². The highest BCUT2D eigenvalue weighted by Crippen LogP contribution is 2.22. The maximum atomic E-state index is 12.0. The molecule has 1 heterocycles. The highest BCUT2D eigenvalue weighted by Gasteiger charge is 2.21. The summed E-state index contributed by atoms with van der Waals surface area (Å²) < 4.78 is 0. The van der Waals surface area contributed by atoms with E-state index in [4.69, 9.17) is 0 Å². The fourth-order valence-corrected chi connectivity index (χ4v) is 2.24. The van der Waals surface area contributed by atoms with Crippen LogP contribution in [0, 0.1) is 17.0 Å². The molecule has 2 N–H and O–H groups in total. The Kier molecular flexibility index (Phi) is 4.11. The zero-order valence-corrected chi connectivity index (χ0v) is 10.8. The van der Waals surface area contributed by atoms with Crippen LogP contribution in [0.25, 0.3) is 0 Å². The van der Waals surface area contributed by atoms with Crippen LogP contribution in [0.2, 0.25) is 0 Å². The Hall–Kier alpha value is -1.95. The minimum Gasteiger partial charge on any atom is -0.325 e. The fourth-order valence-electron chi connectivity index (χ4n) is 2.24. The third-order valence-corrected chi connectivity index (χ3v) is 3.29. The third kappa shape index (κ3) is 3.29. The molecule has 0 radical (unpaired) electrons. The quantitative estimate of drug-likeness (QED) is 0.645. The van der Waals surface area contributed by atoms with Gasteiger partial charge in [0.05, 0.1) is 11.0 Å². The van der Waals surface area contributed by atoms with Crippen molar-refractivity contribution >= 4 is 17.3 Å². The zero-order valence-electron chi connectivity index (χ0n) is 10.8. The average Bonchev–Trinajstić information content (AvgIpc) is 2.39. The van der Waals surface area contributed by atoms with Gasteiger partial charge < -0.3 is 10.6 Å². The smallest absolute Gasteiger partial charge is 0.272 e. The third-order valence-electron chi connectivity index (χ3n) is 3.29.